The predicted octanol–water partition coefficient (Wildman–Crippen LogP) is 3.75. The molecule has 3 aromatic rings. The van der Waals surface area contributed by atoms with E-state index in [9.17, 15) is 14.9 Å². The Morgan fingerprint density at radius 2 is 2.20 bits per heavy atom. The minimum atomic E-state index is -0.527. The summed E-state index contributed by atoms with van der Waals surface area (Å²) in [5.74, 6) is 0.00288. The molecular formula is C15H12N4O4S2. The maximum absolute atomic E-state index is 12.1. The lowest BCUT2D eigenvalue weighted by Gasteiger charge is -2.08. The number of hydrogen-bond acceptors (Lipinski definition) is 8. The fourth-order valence-electron chi connectivity index (χ4n) is 2.04. The summed E-state index contributed by atoms with van der Waals surface area (Å²) < 4.78 is 5.48. The van der Waals surface area contributed by atoms with E-state index >= 15 is 0 Å². The van der Waals surface area contributed by atoms with Gasteiger partial charge in [-0.1, -0.05) is 30.0 Å². The summed E-state index contributed by atoms with van der Waals surface area (Å²) in [6.07, 6.45) is 0. The van der Waals surface area contributed by atoms with Gasteiger partial charge in [0.05, 0.1) is 15.6 Å². The van der Waals surface area contributed by atoms with Crippen molar-refractivity contribution in [1.82, 2.24) is 10.2 Å². The van der Waals surface area contributed by atoms with Crippen molar-refractivity contribution >= 4 is 40.4 Å². The zero-order chi connectivity index (χ0) is 17.8. The molecule has 1 aromatic carbocycles. The van der Waals surface area contributed by atoms with Crippen molar-refractivity contribution in [2.75, 3.05) is 11.1 Å². The maximum atomic E-state index is 12.1. The molecule has 0 radical (unpaired) electrons. The summed E-state index contributed by atoms with van der Waals surface area (Å²) in [6, 6.07) is 8.35. The van der Waals surface area contributed by atoms with Gasteiger partial charge in [0.1, 0.15) is 5.69 Å². The minimum absolute atomic E-state index is 0.00242. The van der Waals surface area contributed by atoms with Gasteiger partial charge in [-0.05, 0) is 23.9 Å². The highest BCUT2D eigenvalue weighted by Crippen LogP contribution is 2.29. The molecule has 25 heavy (non-hydrogen) atoms. The fraction of sp³-hybridized carbons (Fsp3) is 0.133. The molecule has 10 heteroatoms. The maximum Gasteiger partial charge on any atom is 0.293 e. The largest absolute Gasteiger partial charge is 0.410 e. The summed E-state index contributed by atoms with van der Waals surface area (Å²) in [4.78, 5) is 23.5. The highest BCUT2D eigenvalue weighted by Gasteiger charge is 2.18. The topological polar surface area (TPSA) is 111 Å². The Morgan fingerprint density at radius 3 is 2.92 bits per heavy atom. The van der Waals surface area contributed by atoms with Gasteiger partial charge in [-0.15, -0.1) is 21.5 Å². The summed E-state index contributed by atoms with van der Waals surface area (Å²) in [5.41, 5.74) is 0.671. The van der Waals surface area contributed by atoms with Crippen molar-refractivity contribution in [1.29, 1.82) is 0 Å². The number of aromatic nitrogens is 2. The average Bonchev–Trinajstić information content (AvgIpc) is 3.25. The molecular weight excluding hydrogens is 364 g/mol. The van der Waals surface area contributed by atoms with Crippen LogP contribution in [0.4, 0.5) is 11.4 Å². The first-order chi connectivity index (χ1) is 12.0. The number of nitrogens with one attached hydrogen (secondary N) is 1. The number of para-hydroxylation sites is 1. The van der Waals surface area contributed by atoms with Crippen molar-refractivity contribution in [2.45, 2.75) is 12.1 Å². The first-order valence-electron chi connectivity index (χ1n) is 7.08. The molecule has 1 amide bonds. The van der Waals surface area contributed by atoms with Gasteiger partial charge in [0, 0.05) is 6.07 Å². The second-order valence-corrected chi connectivity index (χ2v) is 6.79. The number of nitro groups is 1. The fourth-order valence-corrected chi connectivity index (χ4v) is 3.25. The number of amides is 1. The number of thioether (sulfide) groups is 1. The molecule has 0 aliphatic carbocycles. The molecule has 2 heterocycles. The van der Waals surface area contributed by atoms with E-state index in [4.69, 9.17) is 4.42 Å². The van der Waals surface area contributed by atoms with Crippen molar-refractivity contribution in [3.63, 3.8) is 0 Å². The third kappa shape index (κ3) is 4.03. The van der Waals surface area contributed by atoms with Crippen LogP contribution in [-0.4, -0.2) is 26.8 Å². The average molecular weight is 376 g/mol. The lowest BCUT2D eigenvalue weighted by molar-refractivity contribution is -0.384. The molecule has 2 aromatic heterocycles. The van der Waals surface area contributed by atoms with Crippen LogP contribution < -0.4 is 5.32 Å². The number of anilines is 1. The van der Waals surface area contributed by atoms with Gasteiger partial charge < -0.3 is 9.73 Å². The summed E-state index contributed by atoms with van der Waals surface area (Å²) in [5, 5.41) is 23.6. The molecule has 8 nitrogen and oxygen atoms in total. The Bertz CT molecular complexity index is 908. The lowest BCUT2D eigenvalue weighted by atomic mass is 10.1. The zero-order valence-corrected chi connectivity index (χ0v) is 14.6. The van der Waals surface area contributed by atoms with Crippen molar-refractivity contribution in [3.05, 3.63) is 51.4 Å². The SMILES string of the molecule is Cc1cccc([N+](=O)[O-])c1NC(=O)CSc1nnc(-c2cccs2)o1. The summed E-state index contributed by atoms with van der Waals surface area (Å²) in [7, 11) is 0. The van der Waals surface area contributed by atoms with Crippen LogP contribution in [0.5, 0.6) is 0 Å². The van der Waals surface area contributed by atoms with E-state index in [0.29, 0.717) is 11.5 Å². The van der Waals surface area contributed by atoms with Gasteiger partial charge in [0.15, 0.2) is 0 Å². The Labute approximate surface area is 150 Å². The molecule has 0 unspecified atom stereocenters. The number of carbonyl (C=O) groups excluding carboxylic acids is 1. The van der Waals surface area contributed by atoms with Gasteiger partial charge in [-0.2, -0.15) is 0 Å². The van der Waals surface area contributed by atoms with E-state index in [1.807, 2.05) is 17.5 Å². The molecule has 0 aliphatic rings. The van der Waals surface area contributed by atoms with Gasteiger partial charge in [0.25, 0.3) is 16.8 Å². The molecule has 0 aliphatic heterocycles. The Hall–Kier alpha value is -2.72. The first-order valence-corrected chi connectivity index (χ1v) is 8.95. The third-order valence-electron chi connectivity index (χ3n) is 3.18. The minimum Gasteiger partial charge on any atom is -0.410 e. The number of nitrogens with zero attached hydrogens (tertiary/aromatic N) is 3. The molecule has 0 saturated carbocycles. The molecule has 0 fully saturated rings. The molecule has 1 N–H and O–H groups in total. The number of aryl methyl sites for hydroxylation is 1. The van der Waals surface area contributed by atoms with Crippen LogP contribution in [-0.2, 0) is 4.79 Å². The van der Waals surface area contributed by atoms with E-state index in [2.05, 4.69) is 15.5 Å². The van der Waals surface area contributed by atoms with Crippen LogP contribution in [0.25, 0.3) is 10.8 Å². The molecule has 0 saturated heterocycles. The first kappa shape index (κ1) is 17.1. The zero-order valence-electron chi connectivity index (χ0n) is 13.0. The van der Waals surface area contributed by atoms with Gasteiger partial charge >= 0.3 is 0 Å². The van der Waals surface area contributed by atoms with Crippen molar-refractivity contribution < 1.29 is 14.1 Å². The third-order valence-corrected chi connectivity index (χ3v) is 4.85. The monoisotopic (exact) mass is 376 g/mol. The molecule has 0 atom stereocenters. The van der Waals surface area contributed by atoms with E-state index in [-0.39, 0.29) is 22.4 Å². The molecule has 0 spiro atoms. The molecule has 0 bridgehead atoms. The number of nitro benzene ring substituents is 1. The smallest absolute Gasteiger partial charge is 0.293 e. The molecule has 3 rings (SSSR count). The number of rotatable bonds is 6. The van der Waals surface area contributed by atoms with Crippen molar-refractivity contribution in [2.24, 2.45) is 0 Å². The highest BCUT2D eigenvalue weighted by molar-refractivity contribution is 7.99. The van der Waals surface area contributed by atoms with Crippen LogP contribution in [0.15, 0.2) is 45.4 Å². The van der Waals surface area contributed by atoms with E-state index in [1.165, 1.54) is 17.4 Å². The van der Waals surface area contributed by atoms with Crippen LogP contribution in [0.3, 0.4) is 0 Å². The second kappa shape index (κ2) is 7.45. The number of hydrogen-bond donors (Lipinski definition) is 1. The van der Waals surface area contributed by atoms with Crippen LogP contribution in [0, 0.1) is 17.0 Å². The van der Waals surface area contributed by atoms with Crippen LogP contribution in [0.1, 0.15) is 5.56 Å². The van der Waals surface area contributed by atoms with Crippen molar-refractivity contribution in [3.8, 4) is 10.8 Å². The predicted molar refractivity (Wildman–Crippen MR) is 94.8 cm³/mol. The quantitative estimate of drug-likeness (QED) is 0.396. The highest BCUT2D eigenvalue weighted by atomic mass is 32.2. The van der Waals surface area contributed by atoms with Crippen LogP contribution >= 0.6 is 23.1 Å². The van der Waals surface area contributed by atoms with Gasteiger partial charge in [-0.3, -0.25) is 14.9 Å². The van der Waals surface area contributed by atoms with E-state index in [0.717, 1.165) is 16.6 Å². The standard InChI is InChI=1S/C15H12N4O4S2/c1-9-4-2-5-10(19(21)22)13(9)16-12(20)8-25-15-18-17-14(23-15)11-6-3-7-24-11/h2-7H,8H2,1H3,(H,16,20). The molecule has 128 valence electrons. The Kier molecular flexibility index (Phi) is 5.10. The van der Waals surface area contributed by atoms with Crippen LogP contribution in [0.2, 0.25) is 0 Å². The lowest BCUT2D eigenvalue weighted by Crippen LogP contribution is -2.16. The summed E-state index contributed by atoms with van der Waals surface area (Å²) in [6.45, 7) is 1.70. The number of thiophene rings is 1. The normalized spacial score (nSPS) is 10.6. The Balaban J connectivity index is 1.63. The van der Waals surface area contributed by atoms with E-state index in [1.54, 1.807) is 19.1 Å². The number of benzene rings is 1. The second-order valence-electron chi connectivity index (χ2n) is 4.91. The Morgan fingerprint density at radius 1 is 1.36 bits per heavy atom. The number of carbonyl (C=O) groups is 1. The van der Waals surface area contributed by atoms with E-state index < -0.39 is 10.8 Å². The van der Waals surface area contributed by atoms with Gasteiger partial charge in [0.2, 0.25) is 5.91 Å². The summed E-state index contributed by atoms with van der Waals surface area (Å²) >= 11 is 2.54. The van der Waals surface area contributed by atoms with Gasteiger partial charge in [-0.25, -0.2) is 0 Å².